The largest absolute Gasteiger partial charge is 0.484 e. The summed E-state index contributed by atoms with van der Waals surface area (Å²) in [4.78, 5) is 25.3. The molecule has 0 saturated carbocycles. The van der Waals surface area contributed by atoms with E-state index in [0.29, 0.717) is 23.9 Å². The first-order valence-corrected chi connectivity index (χ1v) is 8.45. The summed E-state index contributed by atoms with van der Waals surface area (Å²) in [6.07, 6.45) is 0.0977. The van der Waals surface area contributed by atoms with Crippen LogP contribution in [-0.2, 0) is 19.1 Å². The van der Waals surface area contributed by atoms with E-state index >= 15 is 0 Å². The summed E-state index contributed by atoms with van der Waals surface area (Å²) < 4.78 is 15.5. The van der Waals surface area contributed by atoms with Crippen molar-refractivity contribution in [3.05, 3.63) is 29.3 Å². The van der Waals surface area contributed by atoms with E-state index in [1.54, 1.807) is 31.2 Å². The number of hydrogen-bond acceptors (Lipinski definition) is 6. The molecule has 0 fully saturated rings. The number of esters is 1. The molecule has 0 spiro atoms. The number of aliphatic hydroxyl groups excluding tert-OH is 1. The van der Waals surface area contributed by atoms with E-state index in [0.717, 1.165) is 0 Å². The van der Waals surface area contributed by atoms with Crippen molar-refractivity contribution in [1.82, 2.24) is 4.90 Å². The topological polar surface area (TPSA) is 85.3 Å². The number of carbonyl (C=O) groups excluding carboxylic acids is 2. The van der Waals surface area contributed by atoms with Crippen molar-refractivity contribution in [3.8, 4) is 5.75 Å². The molecule has 0 aromatic heterocycles. The number of carbonyl (C=O) groups is 2. The maximum atomic E-state index is 12.3. The zero-order valence-electron chi connectivity index (χ0n) is 14.3. The Morgan fingerprint density at radius 1 is 1.16 bits per heavy atom. The first kappa shape index (κ1) is 21.2. The zero-order chi connectivity index (χ0) is 18.5. The second kappa shape index (κ2) is 12.5. The van der Waals surface area contributed by atoms with Gasteiger partial charge in [-0.25, -0.2) is 0 Å². The van der Waals surface area contributed by atoms with Gasteiger partial charge in [0.1, 0.15) is 5.75 Å². The number of halogens is 1. The number of amides is 1. The van der Waals surface area contributed by atoms with Crippen LogP contribution in [0.4, 0.5) is 0 Å². The molecule has 1 amide bonds. The monoisotopic (exact) mass is 373 g/mol. The first-order chi connectivity index (χ1) is 12.1. The van der Waals surface area contributed by atoms with Crippen LogP contribution >= 0.6 is 11.6 Å². The van der Waals surface area contributed by atoms with Crippen LogP contribution in [-0.4, -0.2) is 68.0 Å². The highest BCUT2D eigenvalue weighted by Crippen LogP contribution is 2.15. The Morgan fingerprint density at radius 2 is 1.88 bits per heavy atom. The molecular formula is C17H24ClNO6. The van der Waals surface area contributed by atoms with Crippen LogP contribution < -0.4 is 4.74 Å². The summed E-state index contributed by atoms with van der Waals surface area (Å²) in [6, 6.07) is 6.68. The summed E-state index contributed by atoms with van der Waals surface area (Å²) in [5.41, 5.74) is 0. The minimum atomic E-state index is -0.366. The lowest BCUT2D eigenvalue weighted by atomic mass is 10.3. The highest BCUT2D eigenvalue weighted by atomic mass is 35.5. The van der Waals surface area contributed by atoms with Crippen molar-refractivity contribution >= 4 is 23.5 Å². The molecule has 8 heteroatoms. The molecule has 1 aromatic carbocycles. The number of nitrogens with zero attached hydrogens (tertiary/aromatic N) is 1. The quantitative estimate of drug-likeness (QED) is 0.441. The Hall–Kier alpha value is -1.83. The number of hydrogen-bond donors (Lipinski definition) is 1. The lowest BCUT2D eigenvalue weighted by Gasteiger charge is -2.22. The van der Waals surface area contributed by atoms with Crippen molar-refractivity contribution in [1.29, 1.82) is 0 Å². The molecule has 0 atom stereocenters. The molecule has 1 rings (SSSR count). The highest BCUT2D eigenvalue weighted by Gasteiger charge is 2.16. The zero-order valence-corrected chi connectivity index (χ0v) is 15.0. The Bertz CT molecular complexity index is 522. The van der Waals surface area contributed by atoms with E-state index in [1.165, 1.54) is 4.90 Å². The van der Waals surface area contributed by atoms with E-state index in [-0.39, 0.29) is 51.3 Å². The third kappa shape index (κ3) is 9.28. The molecular weight excluding hydrogens is 350 g/mol. The average Bonchev–Trinajstić information content (AvgIpc) is 2.60. The van der Waals surface area contributed by atoms with Crippen molar-refractivity contribution in [2.24, 2.45) is 0 Å². The minimum Gasteiger partial charge on any atom is -0.484 e. The highest BCUT2D eigenvalue weighted by molar-refractivity contribution is 6.30. The van der Waals surface area contributed by atoms with Crippen molar-refractivity contribution in [2.75, 3.05) is 46.1 Å². The van der Waals surface area contributed by atoms with Gasteiger partial charge in [-0.05, 0) is 31.2 Å². The van der Waals surface area contributed by atoms with Crippen LogP contribution in [0.25, 0.3) is 0 Å². The summed E-state index contributed by atoms with van der Waals surface area (Å²) >= 11 is 5.80. The van der Waals surface area contributed by atoms with Gasteiger partial charge in [0.05, 0.1) is 32.8 Å². The fourth-order valence-corrected chi connectivity index (χ4v) is 2.06. The predicted molar refractivity (Wildman–Crippen MR) is 92.7 cm³/mol. The van der Waals surface area contributed by atoms with Crippen LogP contribution in [0.5, 0.6) is 5.75 Å². The molecule has 1 N–H and O–H groups in total. The Balaban J connectivity index is 2.50. The maximum Gasteiger partial charge on any atom is 0.307 e. The molecule has 0 unspecified atom stereocenters. The fourth-order valence-electron chi connectivity index (χ4n) is 1.93. The van der Waals surface area contributed by atoms with E-state index < -0.39 is 0 Å². The SMILES string of the molecule is CCOC(=O)CCN(CCOCCO)C(=O)COc1ccc(Cl)cc1. The second-order valence-corrected chi connectivity index (χ2v) is 5.45. The molecule has 0 bridgehead atoms. The summed E-state index contributed by atoms with van der Waals surface area (Å²) in [5, 5.41) is 9.29. The molecule has 7 nitrogen and oxygen atoms in total. The van der Waals surface area contributed by atoms with E-state index in [4.69, 9.17) is 30.9 Å². The number of benzene rings is 1. The maximum absolute atomic E-state index is 12.3. The van der Waals surface area contributed by atoms with Crippen LogP contribution in [0, 0.1) is 0 Å². The number of rotatable bonds is 12. The van der Waals surface area contributed by atoms with Gasteiger partial charge in [-0.15, -0.1) is 0 Å². The smallest absolute Gasteiger partial charge is 0.307 e. The van der Waals surface area contributed by atoms with Gasteiger partial charge in [-0.3, -0.25) is 9.59 Å². The summed E-state index contributed by atoms with van der Waals surface area (Å²) in [5.74, 6) is -0.110. The summed E-state index contributed by atoms with van der Waals surface area (Å²) in [7, 11) is 0. The van der Waals surface area contributed by atoms with Crippen molar-refractivity contribution in [2.45, 2.75) is 13.3 Å². The Labute approximate surface area is 152 Å². The molecule has 0 aliphatic heterocycles. The van der Waals surface area contributed by atoms with E-state index in [1.807, 2.05) is 0 Å². The molecule has 25 heavy (non-hydrogen) atoms. The van der Waals surface area contributed by atoms with E-state index in [9.17, 15) is 9.59 Å². The lowest BCUT2D eigenvalue weighted by molar-refractivity contribution is -0.144. The third-order valence-electron chi connectivity index (χ3n) is 3.16. The van der Waals surface area contributed by atoms with Crippen molar-refractivity contribution in [3.63, 3.8) is 0 Å². The first-order valence-electron chi connectivity index (χ1n) is 8.07. The fraction of sp³-hybridized carbons (Fsp3) is 0.529. The average molecular weight is 374 g/mol. The molecule has 140 valence electrons. The molecule has 0 saturated heterocycles. The second-order valence-electron chi connectivity index (χ2n) is 5.01. The van der Waals surface area contributed by atoms with Crippen LogP contribution in [0.1, 0.15) is 13.3 Å². The normalized spacial score (nSPS) is 10.4. The third-order valence-corrected chi connectivity index (χ3v) is 3.41. The molecule has 1 aromatic rings. The standard InChI is InChI=1S/C17H24ClNO6/c1-2-24-17(22)7-8-19(9-11-23-12-10-20)16(21)13-25-15-5-3-14(18)4-6-15/h3-6,20H,2,7-13H2,1H3. The molecule has 0 aliphatic rings. The predicted octanol–water partition coefficient (Wildman–Crippen LogP) is 1.51. The van der Waals surface area contributed by atoms with Gasteiger partial charge in [0.2, 0.25) is 0 Å². The van der Waals surface area contributed by atoms with Gasteiger partial charge < -0.3 is 24.2 Å². The van der Waals surface area contributed by atoms with Gasteiger partial charge in [0.15, 0.2) is 6.61 Å². The van der Waals surface area contributed by atoms with Gasteiger partial charge >= 0.3 is 5.97 Å². The molecule has 0 aliphatic carbocycles. The minimum absolute atomic E-state index is 0.0869. The number of ether oxygens (including phenoxy) is 3. The molecule has 0 radical (unpaired) electrons. The Morgan fingerprint density at radius 3 is 2.52 bits per heavy atom. The number of aliphatic hydroxyl groups is 1. The van der Waals surface area contributed by atoms with Crippen molar-refractivity contribution < 1.29 is 28.9 Å². The Kier molecular flexibility index (Phi) is 10.6. The van der Waals surface area contributed by atoms with Gasteiger partial charge in [0, 0.05) is 18.1 Å². The molecule has 0 heterocycles. The van der Waals surface area contributed by atoms with Crippen LogP contribution in [0.15, 0.2) is 24.3 Å². The van der Waals surface area contributed by atoms with Crippen LogP contribution in [0.2, 0.25) is 5.02 Å². The lowest BCUT2D eigenvalue weighted by Crippen LogP contribution is -2.39. The van der Waals surface area contributed by atoms with Gasteiger partial charge in [-0.1, -0.05) is 11.6 Å². The van der Waals surface area contributed by atoms with Gasteiger partial charge in [0.25, 0.3) is 5.91 Å². The summed E-state index contributed by atoms with van der Waals surface area (Å²) in [6.45, 7) is 2.74. The van der Waals surface area contributed by atoms with Crippen LogP contribution in [0.3, 0.4) is 0 Å². The van der Waals surface area contributed by atoms with Gasteiger partial charge in [-0.2, -0.15) is 0 Å². The van der Waals surface area contributed by atoms with E-state index in [2.05, 4.69) is 0 Å².